The van der Waals surface area contributed by atoms with E-state index in [2.05, 4.69) is 0 Å². The summed E-state index contributed by atoms with van der Waals surface area (Å²) in [5.74, 6) is 2.10. The molecule has 0 aliphatic heterocycles. The molecule has 0 fully saturated rings. The summed E-state index contributed by atoms with van der Waals surface area (Å²) in [5, 5.41) is 0. The number of carbonyl (C=O) groups is 1. The van der Waals surface area contributed by atoms with Gasteiger partial charge in [0.2, 0.25) is 0 Å². The van der Waals surface area contributed by atoms with E-state index in [1.54, 1.807) is 27.2 Å². The lowest BCUT2D eigenvalue weighted by Crippen LogP contribution is -2.12. The van der Waals surface area contributed by atoms with E-state index < -0.39 is 0 Å². The van der Waals surface area contributed by atoms with Gasteiger partial charge in [0.05, 0.1) is 26.5 Å². The van der Waals surface area contributed by atoms with Gasteiger partial charge in [-0.05, 0) is 61.9 Å². The summed E-state index contributed by atoms with van der Waals surface area (Å²) in [7, 11) is 7.06. The molecule has 0 saturated carbocycles. The summed E-state index contributed by atoms with van der Waals surface area (Å²) in [6.07, 6.45) is 1.81. The number of carbonyl (C=O) groups excluding carboxylic acids is 1. The van der Waals surface area contributed by atoms with Crippen LogP contribution in [0, 0.1) is 0 Å². The molecule has 5 heteroatoms. The van der Waals surface area contributed by atoms with E-state index in [4.69, 9.17) is 14.2 Å². The third kappa shape index (κ3) is 4.82. The Labute approximate surface area is 161 Å². The second-order valence-corrected chi connectivity index (χ2v) is 6.27. The molecule has 0 aliphatic rings. The van der Waals surface area contributed by atoms with Crippen LogP contribution in [0.1, 0.15) is 29.8 Å². The molecule has 0 atom stereocenters. The van der Waals surface area contributed by atoms with E-state index >= 15 is 0 Å². The van der Waals surface area contributed by atoms with Gasteiger partial charge < -0.3 is 19.1 Å². The Bertz CT molecular complexity index is 840. The minimum atomic E-state index is -0.0500. The molecule has 0 unspecified atom stereocenters. The Balaban J connectivity index is 2.40. The third-order valence-corrected chi connectivity index (χ3v) is 4.17. The second kappa shape index (κ2) is 9.12. The van der Waals surface area contributed by atoms with Crippen molar-refractivity contribution in [1.29, 1.82) is 0 Å². The smallest absolute Gasteiger partial charge is 0.188 e. The second-order valence-electron chi connectivity index (χ2n) is 6.27. The highest BCUT2D eigenvalue weighted by atomic mass is 16.5. The van der Waals surface area contributed by atoms with E-state index in [0.717, 1.165) is 17.0 Å². The maximum Gasteiger partial charge on any atom is 0.188 e. The van der Waals surface area contributed by atoms with Crippen LogP contribution in [0.25, 0.3) is 6.08 Å². The number of Topliss-reactive ketones (excluding diaryl/α,β-unsaturated/α-hetero) is 1. The van der Waals surface area contributed by atoms with Crippen LogP contribution >= 0.6 is 0 Å². The number of hydrogen-bond acceptors (Lipinski definition) is 5. The van der Waals surface area contributed by atoms with Crippen molar-refractivity contribution in [2.24, 2.45) is 0 Å². The highest BCUT2D eigenvalue weighted by Crippen LogP contribution is 2.30. The maximum atomic E-state index is 12.9. The molecule has 2 aromatic rings. The van der Waals surface area contributed by atoms with Crippen LogP contribution in [0.2, 0.25) is 0 Å². The Kier molecular flexibility index (Phi) is 6.88. The van der Waals surface area contributed by atoms with Gasteiger partial charge in [0.15, 0.2) is 5.78 Å². The molecule has 0 saturated heterocycles. The molecule has 0 spiro atoms. The zero-order chi connectivity index (χ0) is 20.0. The first kappa shape index (κ1) is 20.4. The van der Waals surface area contributed by atoms with Crippen molar-refractivity contribution >= 4 is 17.5 Å². The van der Waals surface area contributed by atoms with E-state index in [0.29, 0.717) is 29.2 Å². The molecule has 0 amide bonds. The predicted molar refractivity (Wildman–Crippen MR) is 109 cm³/mol. The lowest BCUT2D eigenvalue weighted by atomic mass is 10.0. The standard InChI is InChI=1S/C22H27NO4/c1-7-27-21-10-8-16(14-19(21)23(3)4)22(24)15(2)12-17-13-18(25-5)9-11-20(17)26-6/h8-14H,7H2,1-6H3. The Morgan fingerprint density at radius 3 is 2.33 bits per heavy atom. The van der Waals surface area contributed by atoms with Crippen molar-refractivity contribution in [3.05, 3.63) is 53.1 Å². The molecule has 0 aliphatic carbocycles. The number of anilines is 1. The first-order valence-electron chi connectivity index (χ1n) is 8.80. The molecule has 0 aromatic heterocycles. The van der Waals surface area contributed by atoms with Crippen LogP contribution in [0.4, 0.5) is 5.69 Å². The molecule has 5 nitrogen and oxygen atoms in total. The number of rotatable bonds is 8. The first-order valence-corrected chi connectivity index (χ1v) is 8.80. The number of methoxy groups -OCH3 is 2. The van der Waals surface area contributed by atoms with E-state index in [1.807, 2.05) is 62.3 Å². The lowest BCUT2D eigenvalue weighted by Gasteiger charge is -2.18. The molecule has 0 heterocycles. The summed E-state index contributed by atoms with van der Waals surface area (Å²) >= 11 is 0. The first-order chi connectivity index (χ1) is 12.9. The average molecular weight is 369 g/mol. The van der Waals surface area contributed by atoms with Gasteiger partial charge in [-0.3, -0.25) is 4.79 Å². The largest absolute Gasteiger partial charge is 0.497 e. The number of nitrogens with zero attached hydrogens (tertiary/aromatic N) is 1. The van der Waals surface area contributed by atoms with Gasteiger partial charge in [-0.15, -0.1) is 0 Å². The molecule has 0 N–H and O–H groups in total. The molecule has 2 aromatic carbocycles. The molecule has 27 heavy (non-hydrogen) atoms. The summed E-state index contributed by atoms with van der Waals surface area (Å²) in [4.78, 5) is 14.9. The number of benzene rings is 2. The zero-order valence-corrected chi connectivity index (χ0v) is 16.8. The lowest BCUT2D eigenvalue weighted by molar-refractivity contribution is 0.103. The van der Waals surface area contributed by atoms with Gasteiger partial charge in [0.25, 0.3) is 0 Å². The monoisotopic (exact) mass is 369 g/mol. The molecule has 144 valence electrons. The maximum absolute atomic E-state index is 12.9. The molecule has 2 rings (SSSR count). The quantitative estimate of drug-likeness (QED) is 0.508. The fourth-order valence-electron chi connectivity index (χ4n) is 2.76. The fraction of sp³-hybridized carbons (Fsp3) is 0.318. The average Bonchev–Trinajstić information content (AvgIpc) is 2.67. The van der Waals surface area contributed by atoms with Crippen LogP contribution in [-0.4, -0.2) is 40.7 Å². The van der Waals surface area contributed by atoms with Crippen LogP contribution < -0.4 is 19.1 Å². The van der Waals surface area contributed by atoms with E-state index in [-0.39, 0.29) is 5.78 Å². The number of ether oxygens (including phenoxy) is 3. The van der Waals surface area contributed by atoms with Crippen molar-refractivity contribution in [3.8, 4) is 17.2 Å². The van der Waals surface area contributed by atoms with Crippen molar-refractivity contribution in [2.45, 2.75) is 13.8 Å². The number of ketones is 1. The SMILES string of the molecule is CCOc1ccc(C(=O)C(C)=Cc2cc(OC)ccc2OC)cc1N(C)C. The molecular weight excluding hydrogens is 342 g/mol. The molecular formula is C22H27NO4. The zero-order valence-electron chi connectivity index (χ0n) is 16.8. The van der Waals surface area contributed by atoms with Crippen molar-refractivity contribution in [1.82, 2.24) is 0 Å². The van der Waals surface area contributed by atoms with E-state index in [9.17, 15) is 4.79 Å². The summed E-state index contributed by atoms with van der Waals surface area (Å²) in [6, 6.07) is 11.0. The highest BCUT2D eigenvalue weighted by Gasteiger charge is 2.14. The Hall–Kier alpha value is -2.95. The summed E-state index contributed by atoms with van der Waals surface area (Å²) in [5.41, 5.74) is 2.88. The van der Waals surface area contributed by atoms with Gasteiger partial charge in [-0.25, -0.2) is 0 Å². The van der Waals surface area contributed by atoms with Gasteiger partial charge >= 0.3 is 0 Å². The van der Waals surface area contributed by atoms with Crippen molar-refractivity contribution in [3.63, 3.8) is 0 Å². The fourth-order valence-corrected chi connectivity index (χ4v) is 2.76. The van der Waals surface area contributed by atoms with Crippen molar-refractivity contribution < 1.29 is 19.0 Å². The van der Waals surface area contributed by atoms with Gasteiger partial charge in [0.1, 0.15) is 17.2 Å². The van der Waals surface area contributed by atoms with Gasteiger partial charge in [-0.2, -0.15) is 0 Å². The Morgan fingerprint density at radius 2 is 1.74 bits per heavy atom. The van der Waals surface area contributed by atoms with Gasteiger partial charge in [0, 0.05) is 25.2 Å². The Morgan fingerprint density at radius 1 is 1.04 bits per heavy atom. The van der Waals surface area contributed by atoms with Crippen LogP contribution in [-0.2, 0) is 0 Å². The summed E-state index contributed by atoms with van der Waals surface area (Å²) in [6.45, 7) is 4.31. The van der Waals surface area contributed by atoms with E-state index in [1.165, 1.54) is 0 Å². The number of hydrogen-bond donors (Lipinski definition) is 0. The summed E-state index contributed by atoms with van der Waals surface area (Å²) < 4.78 is 16.3. The normalized spacial score (nSPS) is 11.1. The van der Waals surface area contributed by atoms with Crippen LogP contribution in [0.15, 0.2) is 42.0 Å². The van der Waals surface area contributed by atoms with Gasteiger partial charge in [-0.1, -0.05) is 0 Å². The topological polar surface area (TPSA) is 48.0 Å². The molecule has 0 bridgehead atoms. The predicted octanol–water partition coefficient (Wildman–Crippen LogP) is 4.45. The molecule has 0 radical (unpaired) electrons. The number of allylic oxidation sites excluding steroid dienone is 1. The van der Waals surface area contributed by atoms with Crippen molar-refractivity contribution in [2.75, 3.05) is 39.8 Å². The minimum Gasteiger partial charge on any atom is -0.497 e. The van der Waals surface area contributed by atoms with Crippen LogP contribution in [0.3, 0.4) is 0 Å². The minimum absolute atomic E-state index is 0.0500. The third-order valence-electron chi connectivity index (χ3n) is 4.17. The highest BCUT2D eigenvalue weighted by molar-refractivity contribution is 6.11. The van der Waals surface area contributed by atoms with Crippen LogP contribution in [0.5, 0.6) is 17.2 Å².